The number of hydrogen-bond donors (Lipinski definition) is 0. The maximum atomic E-state index is 4.52. The second kappa shape index (κ2) is 5.86. The second-order valence-corrected chi connectivity index (χ2v) is 8.02. The minimum Gasteiger partial charge on any atom is -0.287 e. The van der Waals surface area contributed by atoms with Gasteiger partial charge in [-0.15, -0.1) is 0 Å². The molecule has 0 atom stereocenters. The van der Waals surface area contributed by atoms with Crippen LogP contribution in [0.1, 0.15) is 62.3 Å². The highest BCUT2D eigenvalue weighted by molar-refractivity contribution is 5.73. The van der Waals surface area contributed by atoms with Crippen LogP contribution in [-0.2, 0) is 0 Å². The summed E-state index contributed by atoms with van der Waals surface area (Å²) < 4.78 is 0. The Morgan fingerprint density at radius 1 is 0.833 bits per heavy atom. The monoisotopic (exact) mass is 249 g/mol. The van der Waals surface area contributed by atoms with E-state index in [1.54, 1.807) is 0 Å². The Hall–Kier alpha value is -0.850. The van der Waals surface area contributed by atoms with Crippen molar-refractivity contribution in [3.63, 3.8) is 0 Å². The summed E-state index contributed by atoms with van der Waals surface area (Å²) in [5.41, 5.74) is 1.66. The molecule has 0 bridgehead atoms. The molecule has 0 rings (SSSR count). The molecule has 18 heavy (non-hydrogen) atoms. The standard InChI is InChI=1S/C17H31N/c1-15(2,3)12-10-14(16(4,5)6)11-13-18-17(7,8)9/h10-13H,1-9H3/b12-10?,14-11+,18-13?. The first-order valence-electron chi connectivity index (χ1n) is 6.76. The Labute approximate surface area is 114 Å². The molecule has 0 aromatic carbocycles. The summed E-state index contributed by atoms with van der Waals surface area (Å²) in [6, 6.07) is 0. The molecule has 0 N–H and O–H groups in total. The van der Waals surface area contributed by atoms with Gasteiger partial charge in [0, 0.05) is 6.21 Å². The molecule has 0 aromatic heterocycles. The van der Waals surface area contributed by atoms with Crippen molar-refractivity contribution in [2.75, 3.05) is 0 Å². The number of nitrogens with zero attached hydrogens (tertiary/aromatic N) is 1. The predicted octanol–water partition coefficient (Wildman–Crippen LogP) is 5.43. The van der Waals surface area contributed by atoms with Gasteiger partial charge in [0.05, 0.1) is 5.54 Å². The Bertz CT molecular complexity index is 335. The number of hydrogen-bond acceptors (Lipinski definition) is 1. The van der Waals surface area contributed by atoms with Gasteiger partial charge >= 0.3 is 0 Å². The summed E-state index contributed by atoms with van der Waals surface area (Å²) in [4.78, 5) is 4.52. The van der Waals surface area contributed by atoms with E-state index in [1.165, 1.54) is 5.57 Å². The van der Waals surface area contributed by atoms with Crippen LogP contribution in [0.15, 0.2) is 28.8 Å². The average Bonchev–Trinajstić information content (AvgIpc) is 2.04. The van der Waals surface area contributed by atoms with Crippen molar-refractivity contribution >= 4 is 6.21 Å². The maximum Gasteiger partial charge on any atom is 0.0524 e. The fourth-order valence-electron chi connectivity index (χ4n) is 1.24. The molecule has 0 fully saturated rings. The van der Waals surface area contributed by atoms with Crippen LogP contribution in [0.25, 0.3) is 0 Å². The van der Waals surface area contributed by atoms with Crippen LogP contribution in [0.3, 0.4) is 0 Å². The highest BCUT2D eigenvalue weighted by Gasteiger charge is 2.15. The van der Waals surface area contributed by atoms with E-state index in [-0.39, 0.29) is 16.4 Å². The Kier molecular flexibility index (Phi) is 5.58. The molecule has 0 saturated heterocycles. The van der Waals surface area contributed by atoms with Gasteiger partial charge in [0.25, 0.3) is 0 Å². The molecule has 0 saturated carbocycles. The third-order valence-electron chi connectivity index (χ3n) is 2.34. The average molecular weight is 249 g/mol. The lowest BCUT2D eigenvalue weighted by molar-refractivity contribution is 0.509. The first-order chi connectivity index (χ1) is 7.81. The third-order valence-corrected chi connectivity index (χ3v) is 2.34. The molecule has 0 spiro atoms. The number of allylic oxidation sites excluding steroid dienone is 4. The Morgan fingerprint density at radius 2 is 1.33 bits per heavy atom. The molecule has 104 valence electrons. The van der Waals surface area contributed by atoms with Crippen LogP contribution >= 0.6 is 0 Å². The molecular weight excluding hydrogens is 218 g/mol. The van der Waals surface area contributed by atoms with E-state index in [0.717, 1.165) is 0 Å². The summed E-state index contributed by atoms with van der Waals surface area (Å²) in [5.74, 6) is 0. The van der Waals surface area contributed by atoms with Crippen molar-refractivity contribution in [2.24, 2.45) is 15.8 Å². The van der Waals surface area contributed by atoms with E-state index < -0.39 is 0 Å². The van der Waals surface area contributed by atoms with Gasteiger partial charge in [0.15, 0.2) is 0 Å². The Morgan fingerprint density at radius 3 is 1.67 bits per heavy atom. The van der Waals surface area contributed by atoms with Crippen LogP contribution < -0.4 is 0 Å². The molecule has 1 nitrogen and oxygen atoms in total. The van der Waals surface area contributed by atoms with Crippen molar-refractivity contribution < 1.29 is 0 Å². The fraction of sp³-hybridized carbons (Fsp3) is 0.706. The van der Waals surface area contributed by atoms with Crippen LogP contribution in [0.5, 0.6) is 0 Å². The van der Waals surface area contributed by atoms with Crippen LogP contribution in [0.2, 0.25) is 0 Å². The summed E-state index contributed by atoms with van der Waals surface area (Å²) in [5, 5.41) is 0. The van der Waals surface area contributed by atoms with Gasteiger partial charge < -0.3 is 0 Å². The van der Waals surface area contributed by atoms with Gasteiger partial charge in [-0.05, 0) is 43.3 Å². The smallest absolute Gasteiger partial charge is 0.0524 e. The van der Waals surface area contributed by atoms with Gasteiger partial charge in [-0.3, -0.25) is 4.99 Å². The van der Waals surface area contributed by atoms with Gasteiger partial charge in [-0.25, -0.2) is 0 Å². The minimum absolute atomic E-state index is 0.00671. The molecular formula is C17H31N. The summed E-state index contributed by atoms with van der Waals surface area (Å²) in [7, 11) is 0. The third kappa shape index (κ3) is 9.21. The normalized spacial score (nSPS) is 15.9. The molecule has 0 aliphatic rings. The van der Waals surface area contributed by atoms with E-state index in [1.807, 2.05) is 6.21 Å². The molecule has 1 heteroatoms. The molecule has 0 radical (unpaired) electrons. The molecule has 0 aromatic rings. The second-order valence-electron chi connectivity index (χ2n) is 8.02. The first-order valence-corrected chi connectivity index (χ1v) is 6.76. The maximum absolute atomic E-state index is 4.52. The van der Waals surface area contributed by atoms with E-state index in [0.29, 0.717) is 0 Å². The molecule has 0 amide bonds. The van der Waals surface area contributed by atoms with Gasteiger partial charge in [-0.1, -0.05) is 53.7 Å². The largest absolute Gasteiger partial charge is 0.287 e. The highest BCUT2D eigenvalue weighted by Crippen LogP contribution is 2.27. The van der Waals surface area contributed by atoms with E-state index in [9.17, 15) is 0 Å². The van der Waals surface area contributed by atoms with E-state index in [2.05, 4.69) is 85.5 Å². The lowest BCUT2D eigenvalue weighted by Gasteiger charge is -2.21. The van der Waals surface area contributed by atoms with E-state index >= 15 is 0 Å². The molecule has 0 heterocycles. The quantitative estimate of drug-likeness (QED) is 0.457. The fourth-order valence-corrected chi connectivity index (χ4v) is 1.24. The first kappa shape index (κ1) is 17.2. The van der Waals surface area contributed by atoms with Gasteiger partial charge in [0.2, 0.25) is 0 Å². The lowest BCUT2D eigenvalue weighted by atomic mass is 9.84. The number of aliphatic imine (C=N–C) groups is 1. The van der Waals surface area contributed by atoms with Gasteiger partial charge in [0.1, 0.15) is 0 Å². The minimum atomic E-state index is -0.00671. The topological polar surface area (TPSA) is 12.4 Å². The van der Waals surface area contributed by atoms with Crippen LogP contribution in [0, 0.1) is 10.8 Å². The van der Waals surface area contributed by atoms with E-state index in [4.69, 9.17) is 0 Å². The number of rotatable bonds is 2. The summed E-state index contributed by atoms with van der Waals surface area (Å²) >= 11 is 0. The van der Waals surface area contributed by atoms with Crippen molar-refractivity contribution in [1.29, 1.82) is 0 Å². The molecule has 0 unspecified atom stereocenters. The van der Waals surface area contributed by atoms with Crippen molar-refractivity contribution in [3.8, 4) is 0 Å². The molecule has 0 aliphatic heterocycles. The van der Waals surface area contributed by atoms with Crippen LogP contribution in [-0.4, -0.2) is 11.8 Å². The zero-order valence-corrected chi connectivity index (χ0v) is 13.8. The summed E-state index contributed by atoms with van der Waals surface area (Å²) in [6.07, 6.45) is 8.56. The van der Waals surface area contributed by atoms with Crippen molar-refractivity contribution in [3.05, 3.63) is 23.8 Å². The van der Waals surface area contributed by atoms with Crippen molar-refractivity contribution in [1.82, 2.24) is 0 Å². The summed E-state index contributed by atoms with van der Waals surface area (Å²) in [6.45, 7) is 19.7. The lowest BCUT2D eigenvalue weighted by Crippen LogP contribution is -2.11. The highest BCUT2D eigenvalue weighted by atomic mass is 14.8. The Balaban J connectivity index is 5.11. The zero-order chi connectivity index (χ0) is 14.6. The van der Waals surface area contributed by atoms with Crippen molar-refractivity contribution in [2.45, 2.75) is 67.9 Å². The predicted molar refractivity (Wildman–Crippen MR) is 84.4 cm³/mol. The molecule has 0 aliphatic carbocycles. The SMILES string of the molecule is CC(C)(C)C=C/C(=C\C=NC(C)(C)C)C(C)(C)C. The zero-order valence-electron chi connectivity index (χ0n) is 13.8. The van der Waals surface area contributed by atoms with Gasteiger partial charge in [-0.2, -0.15) is 0 Å². The van der Waals surface area contributed by atoms with Crippen LogP contribution in [0.4, 0.5) is 0 Å².